The Morgan fingerprint density at radius 3 is 2.73 bits per heavy atom. The molecule has 2 atom stereocenters. The Morgan fingerprint density at radius 2 is 2.00 bits per heavy atom. The molecule has 1 aliphatic carbocycles. The average Bonchev–Trinajstić information content (AvgIpc) is 2.39. The molecule has 0 saturated heterocycles. The molecule has 0 fully saturated rings. The highest BCUT2D eigenvalue weighted by atomic mass is 16.3. The molecule has 0 radical (unpaired) electrons. The van der Waals surface area contributed by atoms with Crippen LogP contribution in [0.4, 0.5) is 0 Å². The van der Waals surface area contributed by atoms with Crippen LogP contribution in [0.15, 0.2) is 24.3 Å². The lowest BCUT2D eigenvalue weighted by molar-refractivity contribution is 0.132. The highest BCUT2D eigenvalue weighted by Gasteiger charge is 2.24. The molecule has 1 heteroatoms. The second-order valence-electron chi connectivity index (χ2n) is 4.99. The van der Waals surface area contributed by atoms with Crippen LogP contribution in [-0.4, -0.2) is 5.11 Å². The summed E-state index contributed by atoms with van der Waals surface area (Å²) in [7, 11) is 0. The molecule has 0 amide bonds. The van der Waals surface area contributed by atoms with Crippen molar-refractivity contribution in [3.8, 4) is 0 Å². The zero-order valence-electron chi connectivity index (χ0n) is 9.61. The number of fused-ring (bicyclic) bond motifs is 1. The van der Waals surface area contributed by atoms with Gasteiger partial charge >= 0.3 is 0 Å². The highest BCUT2D eigenvalue weighted by molar-refractivity contribution is 5.30. The van der Waals surface area contributed by atoms with Gasteiger partial charge in [-0.2, -0.15) is 0 Å². The zero-order valence-corrected chi connectivity index (χ0v) is 9.61. The van der Waals surface area contributed by atoms with Gasteiger partial charge in [-0.25, -0.2) is 0 Å². The van der Waals surface area contributed by atoms with Gasteiger partial charge in [-0.05, 0) is 42.2 Å². The average molecular weight is 204 g/mol. The fraction of sp³-hybridized carbons (Fsp3) is 0.571. The predicted octanol–water partition coefficient (Wildman–Crippen LogP) is 3.33. The van der Waals surface area contributed by atoms with E-state index in [2.05, 4.69) is 32.0 Å². The van der Waals surface area contributed by atoms with E-state index in [1.54, 1.807) is 0 Å². The van der Waals surface area contributed by atoms with Gasteiger partial charge in [0.1, 0.15) is 0 Å². The summed E-state index contributed by atoms with van der Waals surface area (Å²) < 4.78 is 0. The molecule has 1 nitrogen and oxygen atoms in total. The Bertz CT molecular complexity index is 330. The Balaban J connectivity index is 2.24. The molecule has 0 aromatic heterocycles. The summed E-state index contributed by atoms with van der Waals surface area (Å²) in [6, 6.07) is 8.32. The molecular formula is C14H20O. The van der Waals surface area contributed by atoms with Crippen molar-refractivity contribution in [1.29, 1.82) is 0 Å². The number of benzene rings is 1. The van der Waals surface area contributed by atoms with Gasteiger partial charge < -0.3 is 5.11 Å². The van der Waals surface area contributed by atoms with E-state index in [1.807, 2.05) is 6.07 Å². The number of aliphatic hydroxyl groups excluding tert-OH is 1. The minimum Gasteiger partial charge on any atom is -0.388 e. The van der Waals surface area contributed by atoms with Crippen molar-refractivity contribution in [3.05, 3.63) is 35.4 Å². The van der Waals surface area contributed by atoms with Crippen LogP contribution < -0.4 is 0 Å². The molecular weight excluding hydrogens is 184 g/mol. The maximum Gasteiger partial charge on any atom is 0.0795 e. The first-order valence-electron chi connectivity index (χ1n) is 5.94. The van der Waals surface area contributed by atoms with Crippen molar-refractivity contribution in [2.75, 3.05) is 0 Å². The van der Waals surface area contributed by atoms with Crippen molar-refractivity contribution in [2.45, 2.75) is 39.2 Å². The fourth-order valence-corrected chi connectivity index (χ4v) is 2.56. The summed E-state index contributed by atoms with van der Waals surface area (Å²) in [5, 5.41) is 10.2. The van der Waals surface area contributed by atoms with E-state index in [-0.39, 0.29) is 6.10 Å². The number of hydrogen-bond donors (Lipinski definition) is 1. The Labute approximate surface area is 92.1 Å². The third-order valence-corrected chi connectivity index (χ3v) is 3.67. The van der Waals surface area contributed by atoms with Gasteiger partial charge in [0.2, 0.25) is 0 Å². The molecule has 0 bridgehead atoms. The molecule has 1 aromatic rings. The van der Waals surface area contributed by atoms with E-state index in [0.717, 1.165) is 18.4 Å². The van der Waals surface area contributed by atoms with Crippen molar-refractivity contribution >= 4 is 0 Å². The topological polar surface area (TPSA) is 20.2 Å². The molecule has 1 aliphatic rings. The SMILES string of the molecule is CC(C)[C@@H]1CCc2ccccc2[C@H](O)C1. The van der Waals surface area contributed by atoms with Gasteiger partial charge in [-0.3, -0.25) is 0 Å². The third-order valence-electron chi connectivity index (χ3n) is 3.67. The highest BCUT2D eigenvalue weighted by Crippen LogP contribution is 2.34. The maximum absolute atomic E-state index is 10.2. The van der Waals surface area contributed by atoms with Crippen LogP contribution in [-0.2, 0) is 6.42 Å². The Hall–Kier alpha value is -0.820. The van der Waals surface area contributed by atoms with Crippen molar-refractivity contribution in [1.82, 2.24) is 0 Å². The summed E-state index contributed by atoms with van der Waals surface area (Å²) in [6.07, 6.45) is 3.01. The van der Waals surface area contributed by atoms with E-state index >= 15 is 0 Å². The van der Waals surface area contributed by atoms with Gasteiger partial charge in [-0.1, -0.05) is 38.1 Å². The monoisotopic (exact) mass is 204 g/mol. The number of rotatable bonds is 1. The third kappa shape index (κ3) is 2.23. The molecule has 0 heterocycles. The van der Waals surface area contributed by atoms with Crippen LogP contribution in [0.1, 0.15) is 43.9 Å². The largest absolute Gasteiger partial charge is 0.388 e. The van der Waals surface area contributed by atoms with Crippen molar-refractivity contribution in [3.63, 3.8) is 0 Å². The van der Waals surface area contributed by atoms with Crippen LogP contribution in [0, 0.1) is 11.8 Å². The Morgan fingerprint density at radius 1 is 1.27 bits per heavy atom. The fourth-order valence-electron chi connectivity index (χ4n) is 2.56. The molecule has 0 saturated carbocycles. The van der Waals surface area contributed by atoms with Crippen LogP contribution in [0.5, 0.6) is 0 Å². The first kappa shape index (κ1) is 10.7. The second kappa shape index (κ2) is 4.36. The second-order valence-corrected chi connectivity index (χ2v) is 4.99. The predicted molar refractivity (Wildman–Crippen MR) is 62.7 cm³/mol. The molecule has 0 spiro atoms. The molecule has 1 aromatic carbocycles. The van der Waals surface area contributed by atoms with Crippen LogP contribution >= 0.6 is 0 Å². The molecule has 0 unspecified atom stereocenters. The van der Waals surface area contributed by atoms with Crippen LogP contribution in [0.2, 0.25) is 0 Å². The van der Waals surface area contributed by atoms with Crippen molar-refractivity contribution < 1.29 is 5.11 Å². The normalized spacial score (nSPS) is 26.1. The van der Waals surface area contributed by atoms with Gasteiger partial charge in [0.25, 0.3) is 0 Å². The first-order valence-corrected chi connectivity index (χ1v) is 5.94. The van der Waals surface area contributed by atoms with Crippen LogP contribution in [0.25, 0.3) is 0 Å². The van der Waals surface area contributed by atoms with E-state index in [1.165, 1.54) is 12.0 Å². The maximum atomic E-state index is 10.2. The van der Waals surface area contributed by atoms with Crippen LogP contribution in [0.3, 0.4) is 0 Å². The minimum atomic E-state index is -0.254. The van der Waals surface area contributed by atoms with Gasteiger partial charge in [0.05, 0.1) is 6.10 Å². The number of hydrogen-bond acceptors (Lipinski definition) is 1. The lowest BCUT2D eigenvalue weighted by Gasteiger charge is -2.20. The summed E-state index contributed by atoms with van der Waals surface area (Å²) in [5.74, 6) is 1.33. The molecule has 1 N–H and O–H groups in total. The van der Waals surface area contributed by atoms with Gasteiger partial charge in [-0.15, -0.1) is 0 Å². The lowest BCUT2D eigenvalue weighted by atomic mass is 9.88. The van der Waals surface area contributed by atoms with E-state index in [9.17, 15) is 5.11 Å². The minimum absolute atomic E-state index is 0.254. The Kier molecular flexibility index (Phi) is 3.11. The summed E-state index contributed by atoms with van der Waals surface area (Å²) in [6.45, 7) is 4.51. The molecule has 15 heavy (non-hydrogen) atoms. The van der Waals surface area contributed by atoms with E-state index < -0.39 is 0 Å². The number of aliphatic hydroxyl groups is 1. The summed E-state index contributed by atoms with van der Waals surface area (Å²) in [4.78, 5) is 0. The van der Waals surface area contributed by atoms with Gasteiger partial charge in [0.15, 0.2) is 0 Å². The van der Waals surface area contributed by atoms with Gasteiger partial charge in [0, 0.05) is 0 Å². The lowest BCUT2D eigenvalue weighted by Crippen LogP contribution is -2.11. The summed E-state index contributed by atoms with van der Waals surface area (Å²) in [5.41, 5.74) is 2.49. The quantitative estimate of drug-likeness (QED) is 0.696. The molecule has 82 valence electrons. The zero-order chi connectivity index (χ0) is 10.8. The molecule has 2 rings (SSSR count). The standard InChI is InChI=1S/C14H20O/c1-10(2)12-8-7-11-5-3-4-6-13(11)14(15)9-12/h3-6,10,12,14-15H,7-9H2,1-2H3/t12-,14-/m1/s1. The van der Waals surface area contributed by atoms with E-state index in [0.29, 0.717) is 11.8 Å². The molecule has 0 aliphatic heterocycles. The van der Waals surface area contributed by atoms with Crippen molar-refractivity contribution in [2.24, 2.45) is 11.8 Å². The smallest absolute Gasteiger partial charge is 0.0795 e. The first-order chi connectivity index (χ1) is 7.18. The summed E-state index contributed by atoms with van der Waals surface area (Å²) >= 11 is 0. The number of aryl methyl sites for hydroxylation is 1. The van der Waals surface area contributed by atoms with E-state index in [4.69, 9.17) is 0 Å².